The van der Waals surface area contributed by atoms with E-state index in [0.29, 0.717) is 0 Å². The molecule has 0 radical (unpaired) electrons. The van der Waals surface area contributed by atoms with Crippen molar-refractivity contribution >= 4 is 60.3 Å². The van der Waals surface area contributed by atoms with E-state index in [1.807, 2.05) is 0 Å². The molecule has 0 aromatic heterocycles. The van der Waals surface area contributed by atoms with Gasteiger partial charge in [0.05, 0.1) is 0 Å². The molecule has 0 heterocycles. The standard InChI is InChI=1S/C13H9.C11H11.C3H6.2ClH.Zr/c1-3-7-12-10(5-1)9-11-6-2-4-8-13(11)12;1-8-7-10-5-3-4-6-11(10)9(8)2;1-3-2;;;/h1-9H;3-7H,1-2H3;1-2H3;2*1H;/q2*-1;;;;+2. The molecule has 0 amide bonds. The fourth-order valence-electron chi connectivity index (χ4n) is 3.42. The van der Waals surface area contributed by atoms with Gasteiger partial charge in [-0.05, 0) is 0 Å². The second-order valence-corrected chi connectivity index (χ2v) is 9.82. The predicted molar refractivity (Wildman–Crippen MR) is 137 cm³/mol. The summed E-state index contributed by atoms with van der Waals surface area (Å²) in [6.07, 6.45) is 0. The molecule has 0 N–H and O–H groups in total. The van der Waals surface area contributed by atoms with E-state index in [4.69, 9.17) is 0 Å². The summed E-state index contributed by atoms with van der Waals surface area (Å²) < 4.78 is 1.51. The van der Waals surface area contributed by atoms with E-state index >= 15 is 0 Å². The molecule has 0 spiro atoms. The van der Waals surface area contributed by atoms with Crippen LogP contribution in [-0.2, 0) is 24.2 Å². The second kappa shape index (κ2) is 12.4. The molecule has 0 saturated carbocycles. The molecule has 0 fully saturated rings. The van der Waals surface area contributed by atoms with Crippen molar-refractivity contribution in [2.24, 2.45) is 0 Å². The third-order valence-electron chi connectivity index (χ3n) is 4.85. The predicted octanol–water partition coefficient (Wildman–Crippen LogP) is 8.48. The number of halogens is 2. The first-order valence-corrected chi connectivity index (χ1v) is 10.9. The molecular formula is C27H28Cl2Zr. The van der Waals surface area contributed by atoms with Crippen molar-refractivity contribution in [2.75, 3.05) is 0 Å². The maximum atomic E-state index is 2.24. The molecule has 0 nitrogen and oxygen atoms in total. The molecule has 0 bridgehead atoms. The topological polar surface area (TPSA) is 0 Å². The van der Waals surface area contributed by atoms with E-state index in [2.05, 4.69) is 113 Å². The van der Waals surface area contributed by atoms with Crippen LogP contribution in [0.25, 0.3) is 32.3 Å². The Hall–Kier alpha value is -1.53. The summed E-state index contributed by atoms with van der Waals surface area (Å²) in [4.78, 5) is 0. The largest absolute Gasteiger partial charge is 0.154 e. The second-order valence-electron chi connectivity index (χ2n) is 7.36. The quantitative estimate of drug-likeness (QED) is 0.182. The monoisotopic (exact) mass is 512 g/mol. The minimum atomic E-state index is 0. The van der Waals surface area contributed by atoms with Gasteiger partial charge in [0.2, 0.25) is 0 Å². The fourth-order valence-corrected chi connectivity index (χ4v) is 3.42. The van der Waals surface area contributed by atoms with Crippen molar-refractivity contribution in [1.29, 1.82) is 0 Å². The van der Waals surface area contributed by atoms with Gasteiger partial charge in [-0.25, -0.2) is 0 Å². The van der Waals surface area contributed by atoms with E-state index < -0.39 is 0 Å². The summed E-state index contributed by atoms with van der Waals surface area (Å²) in [6.45, 7) is 8.59. The molecule has 0 unspecified atom stereocenters. The normalized spacial score (nSPS) is 9.67. The maximum absolute atomic E-state index is 2.24. The number of fused-ring (bicyclic) bond motifs is 4. The fraction of sp³-hybridized carbons (Fsp3) is 0.148. The van der Waals surface area contributed by atoms with Gasteiger partial charge < -0.3 is 0 Å². The van der Waals surface area contributed by atoms with E-state index in [0.717, 1.165) is 0 Å². The molecule has 0 saturated heterocycles. The number of hydrogen-bond donors (Lipinski definition) is 0. The van der Waals surface area contributed by atoms with Crippen LogP contribution in [0.5, 0.6) is 0 Å². The Labute approximate surface area is 207 Å². The molecule has 5 aromatic rings. The minimum absolute atomic E-state index is 0. The molecular weight excluding hydrogens is 486 g/mol. The minimum Gasteiger partial charge on any atom is -0.154 e. The first kappa shape index (κ1) is 26.5. The van der Waals surface area contributed by atoms with Crippen molar-refractivity contribution in [3.8, 4) is 0 Å². The maximum Gasteiger partial charge on any atom is -0.0576 e. The van der Waals surface area contributed by atoms with E-state index in [-0.39, 0.29) is 24.8 Å². The van der Waals surface area contributed by atoms with E-state index in [1.54, 1.807) is 24.2 Å². The van der Waals surface area contributed by atoms with E-state index in [9.17, 15) is 0 Å². The van der Waals surface area contributed by atoms with Gasteiger partial charge in [0.15, 0.2) is 0 Å². The molecule has 0 aliphatic heterocycles. The molecule has 0 aliphatic carbocycles. The third kappa shape index (κ3) is 6.48. The van der Waals surface area contributed by atoms with Gasteiger partial charge >= 0.3 is 41.3 Å². The molecule has 5 rings (SSSR count). The van der Waals surface area contributed by atoms with Gasteiger partial charge in [-0.2, -0.15) is 5.56 Å². The zero-order valence-corrected chi connectivity index (χ0v) is 22.0. The van der Waals surface area contributed by atoms with Crippen LogP contribution in [0.15, 0.2) is 84.9 Å². The van der Waals surface area contributed by atoms with Gasteiger partial charge in [0.25, 0.3) is 0 Å². The summed E-state index contributed by atoms with van der Waals surface area (Å²) in [5.41, 5.74) is 2.81. The third-order valence-corrected chi connectivity index (χ3v) is 4.85. The summed E-state index contributed by atoms with van der Waals surface area (Å²) in [5.74, 6) is 0. The van der Waals surface area contributed by atoms with Crippen molar-refractivity contribution in [3.63, 3.8) is 0 Å². The summed E-state index contributed by atoms with van der Waals surface area (Å²) in [5, 5.41) is 8.15. The zero-order valence-electron chi connectivity index (χ0n) is 17.9. The Kier molecular flexibility index (Phi) is 10.9. The van der Waals surface area contributed by atoms with Crippen LogP contribution >= 0.6 is 24.8 Å². The van der Waals surface area contributed by atoms with Crippen LogP contribution in [0.1, 0.15) is 25.0 Å². The van der Waals surface area contributed by atoms with Crippen LogP contribution in [0.3, 0.4) is 0 Å². The summed E-state index contributed by atoms with van der Waals surface area (Å²) in [6, 6.07) is 30.0. The molecule has 5 aromatic carbocycles. The first-order valence-electron chi connectivity index (χ1n) is 9.64. The van der Waals surface area contributed by atoms with Gasteiger partial charge in [-0.1, -0.05) is 56.3 Å². The number of aryl methyl sites for hydroxylation is 2. The van der Waals surface area contributed by atoms with Crippen molar-refractivity contribution < 1.29 is 24.2 Å². The number of rotatable bonds is 0. The van der Waals surface area contributed by atoms with Crippen molar-refractivity contribution in [3.05, 3.63) is 96.1 Å². The Morgan fingerprint density at radius 1 is 0.600 bits per heavy atom. The van der Waals surface area contributed by atoms with Crippen LogP contribution in [0, 0.1) is 13.8 Å². The van der Waals surface area contributed by atoms with Gasteiger partial charge in [-0.15, -0.1) is 105 Å². The first-order chi connectivity index (χ1) is 13.5. The van der Waals surface area contributed by atoms with Crippen molar-refractivity contribution in [1.82, 2.24) is 0 Å². The average molecular weight is 515 g/mol. The molecule has 154 valence electrons. The zero-order chi connectivity index (χ0) is 20.1. The Bertz CT molecular complexity index is 1170. The van der Waals surface area contributed by atoms with E-state index in [1.165, 1.54) is 46.7 Å². The van der Waals surface area contributed by atoms with Gasteiger partial charge in [0.1, 0.15) is 0 Å². The molecule has 3 heteroatoms. The Morgan fingerprint density at radius 2 is 0.933 bits per heavy atom. The Morgan fingerprint density at radius 3 is 1.33 bits per heavy atom. The van der Waals surface area contributed by atoms with Crippen LogP contribution in [0.2, 0.25) is 0 Å². The molecule has 0 aliphatic rings. The van der Waals surface area contributed by atoms with Crippen LogP contribution < -0.4 is 0 Å². The SMILES string of the molecule is C[C](C)=[Zr+2].Cc1[cH-]c2ccccc2c1C.Cl.Cl.c1ccc2c(c1)[cH-]c1ccccc12. The van der Waals surface area contributed by atoms with Crippen molar-refractivity contribution in [2.45, 2.75) is 27.7 Å². The van der Waals surface area contributed by atoms with Crippen LogP contribution in [0.4, 0.5) is 0 Å². The summed E-state index contributed by atoms with van der Waals surface area (Å²) >= 11 is 1.55. The number of benzene rings is 3. The smallest absolute Gasteiger partial charge is 0.0576 e. The summed E-state index contributed by atoms with van der Waals surface area (Å²) in [7, 11) is 0. The Balaban J connectivity index is 0.000000244. The molecule has 0 atom stereocenters. The molecule has 30 heavy (non-hydrogen) atoms. The number of hydrogen-bond acceptors (Lipinski definition) is 0. The van der Waals surface area contributed by atoms with Crippen LogP contribution in [-0.4, -0.2) is 3.21 Å². The van der Waals surface area contributed by atoms with Gasteiger partial charge in [0, 0.05) is 0 Å². The average Bonchev–Trinajstić information content (AvgIpc) is 3.20. The van der Waals surface area contributed by atoms with Gasteiger partial charge in [-0.3, -0.25) is 0 Å².